The van der Waals surface area contributed by atoms with Gasteiger partial charge in [-0.05, 0) is 80.3 Å². The van der Waals surface area contributed by atoms with Crippen molar-refractivity contribution in [2.75, 3.05) is 6.61 Å². The molecule has 5 rings (SSSR count). The molecule has 0 saturated heterocycles. The molecule has 2 N–H and O–H groups in total. The molecule has 0 bridgehead atoms. The topological polar surface area (TPSA) is 75.5 Å². The quantitative estimate of drug-likeness (QED) is 0.0994. The maximum atomic E-state index is 11.0. The zero-order valence-corrected chi connectivity index (χ0v) is 26.7. The molecule has 0 saturated carbocycles. The second kappa shape index (κ2) is 14.6. The molecule has 0 atom stereocenters. The van der Waals surface area contributed by atoms with Crippen molar-refractivity contribution in [3.05, 3.63) is 77.4 Å². The van der Waals surface area contributed by atoms with Crippen molar-refractivity contribution < 1.29 is 14.9 Å². The van der Waals surface area contributed by atoms with Gasteiger partial charge in [-0.3, -0.25) is 0 Å². The van der Waals surface area contributed by atoms with E-state index in [0.29, 0.717) is 34.9 Å². The predicted octanol–water partition coefficient (Wildman–Crippen LogP) is 10.8. The van der Waals surface area contributed by atoms with Crippen LogP contribution in [0.3, 0.4) is 0 Å². The summed E-state index contributed by atoms with van der Waals surface area (Å²) in [6, 6.07) is 19.3. The Balaban J connectivity index is 1.31. The van der Waals surface area contributed by atoms with Gasteiger partial charge in [-0.15, -0.1) is 0 Å². The van der Waals surface area contributed by atoms with Crippen LogP contribution in [0.4, 0.5) is 0 Å². The Labute approximate surface area is 262 Å². The summed E-state index contributed by atoms with van der Waals surface area (Å²) in [5.41, 5.74) is 7.39. The Morgan fingerprint density at radius 1 is 0.568 bits per heavy atom. The van der Waals surface area contributed by atoms with Crippen LogP contribution in [0.1, 0.15) is 87.8 Å². The number of unbranched alkanes of at least 4 members (excludes halogenated alkanes) is 9. The number of hydrogen-bond acceptors (Lipinski definition) is 5. The number of benzene rings is 3. The van der Waals surface area contributed by atoms with E-state index in [1.165, 1.54) is 57.8 Å². The number of nitrogens with zero attached hydrogens (tertiary/aromatic N) is 2. The van der Waals surface area contributed by atoms with Crippen molar-refractivity contribution in [2.24, 2.45) is 0 Å². The van der Waals surface area contributed by atoms with Crippen LogP contribution in [-0.4, -0.2) is 26.8 Å². The zero-order chi connectivity index (χ0) is 31.1. The van der Waals surface area contributed by atoms with Gasteiger partial charge in [0, 0.05) is 28.0 Å². The number of aromatic hydroxyl groups is 2. The van der Waals surface area contributed by atoms with Gasteiger partial charge in [0.1, 0.15) is 17.2 Å². The van der Waals surface area contributed by atoms with E-state index in [-0.39, 0.29) is 11.5 Å². The fourth-order valence-electron chi connectivity index (χ4n) is 6.05. The van der Waals surface area contributed by atoms with Gasteiger partial charge in [0.2, 0.25) is 0 Å². The van der Waals surface area contributed by atoms with E-state index in [1.807, 2.05) is 43.3 Å². The van der Waals surface area contributed by atoms with Crippen LogP contribution in [0, 0.1) is 20.8 Å². The maximum Gasteiger partial charge on any atom is 0.128 e. The van der Waals surface area contributed by atoms with Gasteiger partial charge in [0.25, 0.3) is 0 Å². The summed E-state index contributed by atoms with van der Waals surface area (Å²) in [6.45, 7) is 8.98. The molecule has 2 heterocycles. The van der Waals surface area contributed by atoms with Gasteiger partial charge >= 0.3 is 0 Å². The minimum Gasteiger partial charge on any atom is -0.507 e. The molecule has 3 aromatic carbocycles. The molecule has 5 aromatic rings. The second-order valence-corrected chi connectivity index (χ2v) is 12.2. The van der Waals surface area contributed by atoms with Gasteiger partial charge in [-0.25, -0.2) is 9.97 Å². The van der Waals surface area contributed by atoms with Crippen LogP contribution in [0.5, 0.6) is 17.2 Å². The molecule has 0 aliphatic heterocycles. The van der Waals surface area contributed by atoms with Crippen LogP contribution in [0.25, 0.3) is 44.3 Å². The summed E-state index contributed by atoms with van der Waals surface area (Å²) < 4.78 is 5.98. The Hall–Kier alpha value is -4.12. The summed E-state index contributed by atoms with van der Waals surface area (Å²) in [6.07, 6.45) is 12.9. The third kappa shape index (κ3) is 7.32. The fraction of sp³-hybridized carbons (Fsp3) is 0.385. The van der Waals surface area contributed by atoms with E-state index in [1.54, 1.807) is 12.1 Å². The number of ether oxygens (including phenoxy) is 1. The molecule has 0 unspecified atom stereocenters. The third-order valence-corrected chi connectivity index (χ3v) is 8.61. The first-order valence-electron chi connectivity index (χ1n) is 16.3. The lowest BCUT2D eigenvalue weighted by atomic mass is 9.99. The summed E-state index contributed by atoms with van der Waals surface area (Å²) in [7, 11) is 0. The molecule has 44 heavy (non-hydrogen) atoms. The first kappa shape index (κ1) is 31.3. The van der Waals surface area contributed by atoms with Gasteiger partial charge in [0.15, 0.2) is 0 Å². The Kier molecular flexibility index (Phi) is 10.4. The fourth-order valence-corrected chi connectivity index (χ4v) is 6.05. The van der Waals surface area contributed by atoms with Gasteiger partial charge in [-0.1, -0.05) is 82.9 Å². The number of aryl methyl sites for hydroxylation is 3. The minimum absolute atomic E-state index is 0.145. The standard InChI is InChI=1S/C39H46N2O3/c1-5-6-7-8-9-10-11-12-13-14-21-44-29-16-18-33(37(43)25-29)35-24-28(4)31-20-19-30-27(3)23-34(40-38(30)39(31)41-35)32-17-15-26(2)22-36(32)42/h15-20,22-25,42-43H,5-14,21H2,1-4H3. The molecule has 230 valence electrons. The Morgan fingerprint density at radius 2 is 1.07 bits per heavy atom. The molecule has 0 aliphatic carbocycles. The molecule has 2 aromatic heterocycles. The van der Waals surface area contributed by atoms with Crippen LogP contribution >= 0.6 is 0 Å². The maximum absolute atomic E-state index is 11.0. The van der Waals surface area contributed by atoms with Crippen molar-refractivity contribution in [3.63, 3.8) is 0 Å². The normalized spacial score (nSPS) is 11.5. The highest BCUT2D eigenvalue weighted by molar-refractivity contribution is 6.06. The van der Waals surface area contributed by atoms with Gasteiger partial charge in [-0.2, -0.15) is 0 Å². The second-order valence-electron chi connectivity index (χ2n) is 12.2. The molecular formula is C39H46N2O3. The molecule has 0 amide bonds. The molecule has 5 heteroatoms. The number of rotatable bonds is 14. The van der Waals surface area contributed by atoms with Gasteiger partial charge in [0.05, 0.1) is 29.0 Å². The van der Waals surface area contributed by atoms with Crippen LogP contribution in [-0.2, 0) is 0 Å². The lowest BCUT2D eigenvalue weighted by Gasteiger charge is -2.14. The van der Waals surface area contributed by atoms with Crippen molar-refractivity contribution >= 4 is 21.8 Å². The third-order valence-electron chi connectivity index (χ3n) is 8.61. The number of pyridine rings is 2. The van der Waals surface area contributed by atoms with Crippen LogP contribution in [0.2, 0.25) is 0 Å². The number of phenolic OH excluding ortho intramolecular Hbond substituents is 2. The lowest BCUT2D eigenvalue weighted by Crippen LogP contribution is -1.98. The summed E-state index contributed by atoms with van der Waals surface area (Å²) in [5.74, 6) is 1.03. The van der Waals surface area contributed by atoms with E-state index in [9.17, 15) is 10.2 Å². The van der Waals surface area contributed by atoms with E-state index in [2.05, 4.69) is 32.9 Å². The smallest absolute Gasteiger partial charge is 0.128 e. The largest absolute Gasteiger partial charge is 0.507 e. The minimum atomic E-state index is 0.145. The highest BCUT2D eigenvalue weighted by atomic mass is 16.5. The highest BCUT2D eigenvalue weighted by Crippen LogP contribution is 2.37. The van der Waals surface area contributed by atoms with Crippen molar-refractivity contribution in [1.29, 1.82) is 0 Å². The molecule has 0 spiro atoms. The van der Waals surface area contributed by atoms with Crippen molar-refractivity contribution in [1.82, 2.24) is 9.97 Å². The van der Waals surface area contributed by atoms with Crippen LogP contribution in [0.15, 0.2) is 60.7 Å². The molecule has 0 aliphatic rings. The summed E-state index contributed by atoms with van der Waals surface area (Å²) in [4.78, 5) is 10.1. The SMILES string of the molecule is CCCCCCCCCCCCOc1ccc(-c2cc(C)c3ccc4c(C)cc(-c5ccc(C)cc5O)nc4c3n2)c(O)c1. The van der Waals surface area contributed by atoms with Crippen LogP contribution < -0.4 is 4.74 Å². The number of phenols is 2. The van der Waals surface area contributed by atoms with E-state index in [4.69, 9.17) is 14.7 Å². The number of hydrogen-bond donors (Lipinski definition) is 2. The van der Waals surface area contributed by atoms with Crippen molar-refractivity contribution in [2.45, 2.75) is 91.9 Å². The lowest BCUT2D eigenvalue weighted by molar-refractivity contribution is 0.302. The summed E-state index contributed by atoms with van der Waals surface area (Å²) >= 11 is 0. The zero-order valence-electron chi connectivity index (χ0n) is 26.7. The van der Waals surface area contributed by atoms with Crippen molar-refractivity contribution in [3.8, 4) is 39.8 Å². The van der Waals surface area contributed by atoms with E-state index >= 15 is 0 Å². The molecule has 0 radical (unpaired) electrons. The predicted molar refractivity (Wildman–Crippen MR) is 183 cm³/mol. The first-order valence-corrected chi connectivity index (χ1v) is 16.3. The number of fused-ring (bicyclic) bond motifs is 3. The summed E-state index contributed by atoms with van der Waals surface area (Å²) in [5, 5.41) is 23.7. The van der Waals surface area contributed by atoms with E-state index < -0.39 is 0 Å². The average Bonchev–Trinajstić information content (AvgIpc) is 3.00. The average molecular weight is 591 g/mol. The monoisotopic (exact) mass is 590 g/mol. The Bertz CT molecular complexity index is 1740. The Morgan fingerprint density at radius 3 is 1.59 bits per heavy atom. The highest BCUT2D eigenvalue weighted by Gasteiger charge is 2.16. The molecular weight excluding hydrogens is 544 g/mol. The molecule has 0 fully saturated rings. The number of aromatic nitrogens is 2. The van der Waals surface area contributed by atoms with E-state index in [0.717, 1.165) is 44.9 Å². The van der Waals surface area contributed by atoms with Gasteiger partial charge < -0.3 is 14.9 Å². The molecule has 5 nitrogen and oxygen atoms in total. The first-order chi connectivity index (χ1) is 21.4.